The van der Waals surface area contributed by atoms with Crippen molar-refractivity contribution >= 4 is 28.0 Å². The van der Waals surface area contributed by atoms with E-state index in [4.69, 9.17) is 9.40 Å². The van der Waals surface area contributed by atoms with Crippen LogP contribution in [0.25, 0.3) is 39.1 Å². The van der Waals surface area contributed by atoms with Crippen LogP contribution < -0.4 is 5.32 Å². The third-order valence-corrected chi connectivity index (χ3v) is 5.79. The Kier molecular flexibility index (Phi) is 4.61. The van der Waals surface area contributed by atoms with Crippen molar-refractivity contribution < 1.29 is 4.42 Å². The Morgan fingerprint density at radius 2 is 1.73 bits per heavy atom. The molecule has 0 saturated carbocycles. The third kappa shape index (κ3) is 3.61. The summed E-state index contributed by atoms with van der Waals surface area (Å²) in [5.74, 6) is 2.16. The molecule has 0 spiro atoms. The zero-order valence-electron chi connectivity index (χ0n) is 18.0. The van der Waals surface area contributed by atoms with Gasteiger partial charge in [-0.3, -0.25) is 4.57 Å². The number of anilines is 1. The second kappa shape index (κ2) is 7.91. The molecule has 0 radical (unpaired) electrons. The maximum Gasteiger partial charge on any atom is 0.225 e. The van der Waals surface area contributed by atoms with Crippen LogP contribution in [0.15, 0.2) is 102 Å². The van der Waals surface area contributed by atoms with Crippen LogP contribution in [0.5, 0.6) is 0 Å². The molecule has 0 aliphatic carbocycles. The molecule has 33 heavy (non-hydrogen) atoms. The average molecular weight is 431 g/mol. The van der Waals surface area contributed by atoms with Crippen LogP contribution in [0, 0.1) is 0 Å². The monoisotopic (exact) mass is 431 g/mol. The zero-order chi connectivity index (χ0) is 22.2. The molecular weight excluding hydrogens is 410 g/mol. The second-order valence-electron chi connectivity index (χ2n) is 7.98. The molecule has 6 heteroatoms. The first-order chi connectivity index (χ1) is 16.2. The predicted molar refractivity (Wildman–Crippen MR) is 130 cm³/mol. The Morgan fingerprint density at radius 3 is 2.61 bits per heavy atom. The van der Waals surface area contributed by atoms with E-state index in [0.29, 0.717) is 5.95 Å². The van der Waals surface area contributed by atoms with Crippen LogP contribution in [-0.4, -0.2) is 19.5 Å². The van der Waals surface area contributed by atoms with Crippen LogP contribution in [0.1, 0.15) is 18.5 Å². The lowest BCUT2D eigenvalue weighted by Gasteiger charge is -2.14. The molecule has 0 aliphatic heterocycles. The summed E-state index contributed by atoms with van der Waals surface area (Å²) in [5, 5.41) is 4.47. The Labute approximate surface area is 190 Å². The Hall–Kier alpha value is -4.45. The van der Waals surface area contributed by atoms with Crippen molar-refractivity contribution in [1.82, 2.24) is 19.5 Å². The van der Waals surface area contributed by atoms with Crippen molar-refractivity contribution in [1.29, 1.82) is 0 Å². The van der Waals surface area contributed by atoms with E-state index >= 15 is 0 Å². The van der Waals surface area contributed by atoms with E-state index in [-0.39, 0.29) is 6.04 Å². The van der Waals surface area contributed by atoms with E-state index in [1.807, 2.05) is 59.2 Å². The lowest BCUT2D eigenvalue weighted by Crippen LogP contribution is -2.10. The highest BCUT2D eigenvalue weighted by molar-refractivity contribution is 5.86. The number of nitrogens with one attached hydrogen (secondary N) is 1. The average Bonchev–Trinajstić information content (AvgIpc) is 3.49. The topological polar surface area (TPSA) is 68.8 Å². The quantitative estimate of drug-likeness (QED) is 0.342. The Morgan fingerprint density at radius 1 is 0.879 bits per heavy atom. The molecule has 3 heterocycles. The van der Waals surface area contributed by atoms with E-state index in [1.54, 1.807) is 12.5 Å². The van der Waals surface area contributed by atoms with E-state index in [2.05, 4.69) is 52.5 Å². The van der Waals surface area contributed by atoms with Crippen molar-refractivity contribution in [2.75, 3.05) is 5.32 Å². The Bertz CT molecular complexity index is 1530. The maximum atomic E-state index is 6.02. The van der Waals surface area contributed by atoms with Gasteiger partial charge in [0.1, 0.15) is 23.5 Å². The summed E-state index contributed by atoms with van der Waals surface area (Å²) >= 11 is 0. The molecule has 0 saturated heterocycles. The molecule has 6 aromatic rings. The molecule has 0 aliphatic rings. The predicted octanol–water partition coefficient (Wildman–Crippen LogP) is 6.40. The number of hydrogen-bond donors (Lipinski definition) is 1. The lowest BCUT2D eigenvalue weighted by atomic mass is 10.1. The molecule has 6 rings (SSSR count). The summed E-state index contributed by atoms with van der Waals surface area (Å²) in [5.41, 5.74) is 4.89. The molecule has 6 nitrogen and oxygen atoms in total. The minimum absolute atomic E-state index is 0.0901. The van der Waals surface area contributed by atoms with E-state index in [0.717, 1.165) is 39.1 Å². The molecular formula is C27H21N5O. The first kappa shape index (κ1) is 19.3. The van der Waals surface area contributed by atoms with Crippen LogP contribution in [0.2, 0.25) is 0 Å². The number of hydrogen-bond acceptors (Lipinski definition) is 5. The van der Waals surface area contributed by atoms with Crippen molar-refractivity contribution in [3.8, 4) is 17.1 Å². The number of rotatable bonds is 5. The van der Waals surface area contributed by atoms with Gasteiger partial charge in [0.2, 0.25) is 5.95 Å². The summed E-state index contributed by atoms with van der Waals surface area (Å²) in [6, 6.07) is 28.4. The van der Waals surface area contributed by atoms with Crippen LogP contribution in [0.4, 0.5) is 5.95 Å². The molecule has 0 bridgehead atoms. The number of aromatic nitrogens is 4. The fraction of sp³-hybridized carbons (Fsp3) is 0.0741. The lowest BCUT2D eigenvalue weighted by molar-refractivity contribution is 0.631. The highest BCUT2D eigenvalue weighted by Gasteiger charge is 2.12. The van der Waals surface area contributed by atoms with Crippen LogP contribution >= 0.6 is 0 Å². The number of imidazole rings is 1. The van der Waals surface area contributed by atoms with Gasteiger partial charge in [-0.05, 0) is 48.9 Å². The van der Waals surface area contributed by atoms with E-state index < -0.39 is 0 Å². The fourth-order valence-corrected chi connectivity index (χ4v) is 4.04. The highest BCUT2D eigenvalue weighted by Crippen LogP contribution is 2.30. The number of furan rings is 1. The van der Waals surface area contributed by atoms with Gasteiger partial charge in [-0.25, -0.2) is 9.97 Å². The van der Waals surface area contributed by atoms with Gasteiger partial charge in [0.15, 0.2) is 0 Å². The van der Waals surface area contributed by atoms with Gasteiger partial charge in [0.05, 0.1) is 17.1 Å². The van der Waals surface area contributed by atoms with Gasteiger partial charge in [-0.2, -0.15) is 4.98 Å². The maximum absolute atomic E-state index is 6.02. The van der Waals surface area contributed by atoms with Gasteiger partial charge in [-0.15, -0.1) is 0 Å². The van der Waals surface area contributed by atoms with Gasteiger partial charge in [0.25, 0.3) is 0 Å². The largest absolute Gasteiger partial charge is 0.456 e. The summed E-state index contributed by atoms with van der Waals surface area (Å²) in [6.45, 7) is 2.09. The molecule has 3 aromatic heterocycles. The number of nitrogens with zero attached hydrogens (tertiary/aromatic N) is 4. The highest BCUT2D eigenvalue weighted by atomic mass is 16.3. The number of benzene rings is 3. The third-order valence-electron chi connectivity index (χ3n) is 5.79. The van der Waals surface area contributed by atoms with Crippen molar-refractivity contribution in [3.05, 3.63) is 103 Å². The van der Waals surface area contributed by atoms with Crippen LogP contribution in [0.3, 0.4) is 0 Å². The fourth-order valence-electron chi connectivity index (χ4n) is 4.04. The standard InChI is InChI=1S/C27H21N5O/c1-18(19-7-3-2-4-8-19)30-27-28-14-13-26(31-27)32-17-29-22-15-21(11-12-23(22)32)25-16-20-9-5-6-10-24(20)33-25/h2-18H,1H3,(H,28,30,31). The number of fused-ring (bicyclic) bond motifs is 2. The smallest absolute Gasteiger partial charge is 0.225 e. The number of para-hydroxylation sites is 1. The van der Waals surface area contributed by atoms with Crippen LogP contribution in [-0.2, 0) is 0 Å². The minimum Gasteiger partial charge on any atom is -0.456 e. The molecule has 0 amide bonds. The van der Waals surface area contributed by atoms with Crippen molar-refractivity contribution in [3.63, 3.8) is 0 Å². The second-order valence-corrected chi connectivity index (χ2v) is 7.98. The van der Waals surface area contributed by atoms with Crippen molar-refractivity contribution in [2.45, 2.75) is 13.0 Å². The molecule has 160 valence electrons. The first-order valence-electron chi connectivity index (χ1n) is 10.9. The minimum atomic E-state index is 0.0901. The summed E-state index contributed by atoms with van der Waals surface area (Å²) < 4.78 is 7.99. The summed E-state index contributed by atoms with van der Waals surface area (Å²) in [4.78, 5) is 13.7. The zero-order valence-corrected chi connectivity index (χ0v) is 18.0. The van der Waals surface area contributed by atoms with Gasteiger partial charge < -0.3 is 9.73 Å². The molecule has 3 aromatic carbocycles. The van der Waals surface area contributed by atoms with Gasteiger partial charge in [-0.1, -0.05) is 48.5 Å². The molecule has 1 atom stereocenters. The summed E-state index contributed by atoms with van der Waals surface area (Å²) in [7, 11) is 0. The van der Waals surface area contributed by atoms with Gasteiger partial charge in [0, 0.05) is 17.1 Å². The normalized spacial score (nSPS) is 12.3. The van der Waals surface area contributed by atoms with E-state index in [9.17, 15) is 0 Å². The first-order valence-corrected chi connectivity index (χ1v) is 10.9. The van der Waals surface area contributed by atoms with Crippen molar-refractivity contribution in [2.24, 2.45) is 0 Å². The molecule has 0 fully saturated rings. The molecule has 1 N–H and O–H groups in total. The summed E-state index contributed by atoms with van der Waals surface area (Å²) in [6.07, 6.45) is 3.55. The van der Waals surface area contributed by atoms with E-state index in [1.165, 1.54) is 5.56 Å². The van der Waals surface area contributed by atoms with Gasteiger partial charge >= 0.3 is 0 Å². The Balaban J connectivity index is 1.31. The molecule has 1 unspecified atom stereocenters. The SMILES string of the molecule is CC(Nc1nccc(-n2cnc3cc(-c4cc5ccccc5o4)ccc32)n1)c1ccccc1.